The van der Waals surface area contributed by atoms with Crippen molar-refractivity contribution >= 4 is 38.2 Å². The number of nitrogens with zero attached hydrogens (tertiary/aromatic N) is 1. The molecular formula is C50H73N5O9Si. The van der Waals surface area contributed by atoms with Crippen LogP contribution in [0.5, 0.6) is 5.75 Å². The monoisotopic (exact) mass is 916 g/mol. The SMILES string of the molecule is COc1ccc(CC(CC(O[Si](C)(C)C(C)(C)C)C(Cc2ccccc2)NC(=O)OC(C)(C)C)C(=O)NC(C(=O)NC(Cc2ccccc2)C(=O)NC(=O)N2CCOCC2)C(C)C)cc1. The summed E-state index contributed by atoms with van der Waals surface area (Å²) in [5, 5.41) is 11.3. The molecule has 5 atom stereocenters. The Bertz CT molecular complexity index is 2000. The number of amides is 6. The van der Waals surface area contributed by atoms with E-state index in [1.54, 1.807) is 27.9 Å². The van der Waals surface area contributed by atoms with Gasteiger partial charge in [-0.25, -0.2) is 9.59 Å². The topological polar surface area (TPSA) is 174 Å². The fourth-order valence-electron chi connectivity index (χ4n) is 7.23. The largest absolute Gasteiger partial charge is 0.497 e. The molecule has 0 saturated carbocycles. The van der Waals surface area contributed by atoms with Crippen molar-refractivity contribution in [3.05, 3.63) is 102 Å². The van der Waals surface area contributed by atoms with Crippen molar-refractivity contribution in [2.24, 2.45) is 11.8 Å². The first kappa shape index (κ1) is 52.4. The van der Waals surface area contributed by atoms with Crippen LogP contribution >= 0.6 is 0 Å². The smallest absolute Gasteiger partial charge is 0.407 e. The van der Waals surface area contributed by atoms with E-state index in [1.807, 2.05) is 98.8 Å². The molecule has 1 heterocycles. The van der Waals surface area contributed by atoms with E-state index >= 15 is 0 Å². The summed E-state index contributed by atoms with van der Waals surface area (Å²) in [6.45, 7) is 21.1. The zero-order valence-electron chi connectivity index (χ0n) is 40.3. The highest BCUT2D eigenvalue weighted by Crippen LogP contribution is 2.39. The maximum Gasteiger partial charge on any atom is 0.407 e. The highest BCUT2D eigenvalue weighted by molar-refractivity contribution is 6.74. The van der Waals surface area contributed by atoms with E-state index in [-0.39, 0.29) is 24.3 Å². The number of hydrogen-bond acceptors (Lipinski definition) is 9. The Morgan fingerprint density at radius 3 is 1.78 bits per heavy atom. The Balaban J connectivity index is 1.72. The van der Waals surface area contributed by atoms with Gasteiger partial charge in [0.1, 0.15) is 23.4 Å². The first-order chi connectivity index (χ1) is 30.5. The second-order valence-electron chi connectivity index (χ2n) is 19.7. The summed E-state index contributed by atoms with van der Waals surface area (Å²) in [6, 6.07) is 23.1. The van der Waals surface area contributed by atoms with E-state index in [4.69, 9.17) is 18.6 Å². The van der Waals surface area contributed by atoms with Gasteiger partial charge in [-0.1, -0.05) is 107 Å². The highest BCUT2D eigenvalue weighted by Gasteiger charge is 2.43. The predicted molar refractivity (Wildman–Crippen MR) is 255 cm³/mol. The Labute approximate surface area is 387 Å². The minimum Gasteiger partial charge on any atom is -0.497 e. The van der Waals surface area contributed by atoms with Crippen LogP contribution in [0.4, 0.5) is 9.59 Å². The lowest BCUT2D eigenvalue weighted by molar-refractivity contribution is -0.134. The Hall–Kier alpha value is -5.25. The minimum atomic E-state index is -2.58. The summed E-state index contributed by atoms with van der Waals surface area (Å²) < 4.78 is 23.8. The summed E-state index contributed by atoms with van der Waals surface area (Å²) in [5.74, 6) is -2.15. The number of benzene rings is 3. The van der Waals surface area contributed by atoms with Gasteiger partial charge in [0.25, 0.3) is 5.91 Å². The van der Waals surface area contributed by atoms with Crippen molar-refractivity contribution in [2.45, 2.75) is 129 Å². The average Bonchev–Trinajstić information content (AvgIpc) is 3.24. The normalized spacial score (nSPS) is 15.7. The van der Waals surface area contributed by atoms with Crippen molar-refractivity contribution in [2.75, 3.05) is 33.4 Å². The first-order valence-corrected chi connectivity index (χ1v) is 25.6. The van der Waals surface area contributed by atoms with Crippen LogP contribution < -0.4 is 26.0 Å². The molecule has 1 aliphatic heterocycles. The minimum absolute atomic E-state index is 0.105. The standard InChI is InChI=1S/C50H73N5O9Si/c1-34(2)43(46(58)51-41(32-36-20-16-13-17-21-36)45(57)54-47(59)55-26-28-62-29-27-55)53-44(56)38(30-37-22-24-39(61-9)25-23-37)33-42(64-65(10,11)50(6,7)8)40(31-35-18-14-12-15-19-35)52-48(60)63-49(3,4)5/h12-25,34,38,40-43H,26-33H2,1-11H3,(H,51,58)(H,52,60)(H,53,56)(H,54,57,59). The van der Waals surface area contributed by atoms with Gasteiger partial charge in [0, 0.05) is 25.4 Å². The number of morpholine rings is 1. The van der Waals surface area contributed by atoms with E-state index < -0.39 is 79.8 Å². The molecule has 0 aromatic heterocycles. The molecule has 4 rings (SSSR count). The summed E-state index contributed by atoms with van der Waals surface area (Å²) in [7, 11) is -0.991. The Morgan fingerprint density at radius 2 is 1.26 bits per heavy atom. The van der Waals surface area contributed by atoms with Gasteiger partial charge >= 0.3 is 12.1 Å². The van der Waals surface area contributed by atoms with Crippen LogP contribution in [-0.2, 0) is 47.5 Å². The van der Waals surface area contributed by atoms with Crippen molar-refractivity contribution in [3.8, 4) is 5.75 Å². The quantitative estimate of drug-likeness (QED) is 0.0907. The van der Waals surface area contributed by atoms with Gasteiger partial charge in [-0.05, 0) is 92.9 Å². The third-order valence-electron chi connectivity index (χ3n) is 11.9. The molecule has 0 bridgehead atoms. The summed E-state index contributed by atoms with van der Waals surface area (Å²) in [5.41, 5.74) is 1.83. The molecule has 65 heavy (non-hydrogen) atoms. The van der Waals surface area contributed by atoms with E-state index in [9.17, 15) is 24.0 Å². The van der Waals surface area contributed by atoms with Crippen LogP contribution in [0, 0.1) is 11.8 Å². The number of carbonyl (C=O) groups excluding carboxylic acids is 5. The molecule has 3 aromatic carbocycles. The third-order valence-corrected chi connectivity index (χ3v) is 16.4. The van der Waals surface area contributed by atoms with Gasteiger partial charge in [-0.3, -0.25) is 19.7 Å². The molecule has 0 aliphatic carbocycles. The lowest BCUT2D eigenvalue weighted by Gasteiger charge is -2.42. The van der Waals surface area contributed by atoms with Gasteiger partial charge in [0.2, 0.25) is 11.8 Å². The lowest BCUT2D eigenvalue weighted by atomic mass is 9.88. The molecule has 0 spiro atoms. The highest BCUT2D eigenvalue weighted by atomic mass is 28.4. The molecular weight excluding hydrogens is 843 g/mol. The number of carbonyl (C=O) groups is 5. The van der Waals surface area contributed by atoms with Crippen LogP contribution in [0.1, 0.15) is 78.5 Å². The number of imide groups is 1. The lowest BCUT2D eigenvalue weighted by Crippen LogP contribution is -2.59. The number of urea groups is 1. The zero-order valence-corrected chi connectivity index (χ0v) is 41.3. The Morgan fingerprint density at radius 1 is 0.708 bits per heavy atom. The van der Waals surface area contributed by atoms with E-state index in [1.165, 1.54) is 4.90 Å². The molecule has 6 amide bonds. The van der Waals surface area contributed by atoms with Gasteiger partial charge in [-0.15, -0.1) is 0 Å². The van der Waals surface area contributed by atoms with Crippen molar-refractivity contribution < 1.29 is 42.6 Å². The van der Waals surface area contributed by atoms with E-state index in [0.717, 1.165) is 16.7 Å². The molecule has 4 N–H and O–H groups in total. The van der Waals surface area contributed by atoms with Crippen LogP contribution in [0.15, 0.2) is 84.9 Å². The van der Waals surface area contributed by atoms with Crippen molar-refractivity contribution in [1.82, 2.24) is 26.2 Å². The van der Waals surface area contributed by atoms with Gasteiger partial charge in [-0.2, -0.15) is 0 Å². The van der Waals surface area contributed by atoms with Crippen LogP contribution in [-0.4, -0.2) is 106 Å². The van der Waals surface area contributed by atoms with Crippen LogP contribution in [0.3, 0.4) is 0 Å². The van der Waals surface area contributed by atoms with Crippen molar-refractivity contribution in [1.29, 1.82) is 0 Å². The summed E-state index contributed by atoms with van der Waals surface area (Å²) in [6.07, 6.45) is -0.332. The first-order valence-electron chi connectivity index (χ1n) is 22.7. The van der Waals surface area contributed by atoms with E-state index in [2.05, 4.69) is 55.1 Å². The van der Waals surface area contributed by atoms with Crippen LogP contribution in [0.25, 0.3) is 0 Å². The maximum atomic E-state index is 15.0. The average molecular weight is 916 g/mol. The molecule has 15 heteroatoms. The van der Waals surface area contributed by atoms with Crippen LogP contribution in [0.2, 0.25) is 18.1 Å². The zero-order chi connectivity index (χ0) is 48.0. The fourth-order valence-corrected chi connectivity index (χ4v) is 8.60. The van der Waals surface area contributed by atoms with Gasteiger partial charge in [0.05, 0.1) is 32.5 Å². The summed E-state index contributed by atoms with van der Waals surface area (Å²) in [4.78, 5) is 71.5. The maximum absolute atomic E-state index is 15.0. The molecule has 1 saturated heterocycles. The predicted octanol–water partition coefficient (Wildman–Crippen LogP) is 7.21. The van der Waals surface area contributed by atoms with Gasteiger partial charge < -0.3 is 39.5 Å². The fraction of sp³-hybridized carbons (Fsp3) is 0.540. The molecule has 0 radical (unpaired) electrons. The second-order valence-corrected chi connectivity index (χ2v) is 24.5. The number of hydrogen-bond donors (Lipinski definition) is 4. The second kappa shape index (κ2) is 23.8. The number of ether oxygens (including phenoxy) is 3. The molecule has 1 aliphatic rings. The molecule has 356 valence electrons. The third kappa shape index (κ3) is 16.9. The Kier molecular flexibility index (Phi) is 19.2. The number of alkyl carbamates (subject to hydrolysis) is 1. The number of methoxy groups -OCH3 is 1. The molecule has 3 aromatic rings. The van der Waals surface area contributed by atoms with Gasteiger partial charge in [0.15, 0.2) is 8.32 Å². The number of nitrogens with one attached hydrogen (secondary N) is 4. The molecule has 5 unspecified atom stereocenters. The summed E-state index contributed by atoms with van der Waals surface area (Å²) >= 11 is 0. The van der Waals surface area contributed by atoms with Crippen molar-refractivity contribution in [3.63, 3.8) is 0 Å². The molecule has 14 nitrogen and oxygen atoms in total. The number of rotatable bonds is 19. The molecule has 1 fully saturated rings. The van der Waals surface area contributed by atoms with E-state index in [0.29, 0.717) is 38.5 Å².